The summed E-state index contributed by atoms with van der Waals surface area (Å²) in [7, 11) is -1.34. The predicted octanol–water partition coefficient (Wildman–Crippen LogP) is -0.820. The van der Waals surface area contributed by atoms with Gasteiger partial charge in [-0.2, -0.15) is 4.57 Å². The number of fused-ring (bicyclic) bond motifs is 4. The molecule has 0 unspecified atom stereocenters. The van der Waals surface area contributed by atoms with Crippen LogP contribution in [0.2, 0.25) is 0 Å². The molecule has 3 aromatic rings. The van der Waals surface area contributed by atoms with Crippen molar-refractivity contribution >= 4 is 33.9 Å². The van der Waals surface area contributed by atoms with Gasteiger partial charge < -0.3 is 14.2 Å². The summed E-state index contributed by atoms with van der Waals surface area (Å²) in [5.74, 6) is 1.48. The molecular weight excluding hydrogens is 442 g/mol. The van der Waals surface area contributed by atoms with Crippen molar-refractivity contribution in [3.8, 4) is 17.2 Å². The second-order valence-corrected chi connectivity index (χ2v) is 8.39. The summed E-state index contributed by atoms with van der Waals surface area (Å²) >= 11 is 0. The molecule has 0 saturated heterocycles. The predicted molar refractivity (Wildman–Crippen MR) is 104 cm³/mol. The van der Waals surface area contributed by atoms with Crippen LogP contribution in [0.25, 0.3) is 27.9 Å². The number of hydrogen-bond acceptors (Lipinski definition) is 8. The first-order chi connectivity index (χ1) is 14.8. The van der Waals surface area contributed by atoms with Crippen LogP contribution in [-0.4, -0.2) is 18.7 Å². The van der Waals surface area contributed by atoms with Crippen LogP contribution in [0.3, 0.4) is 0 Å². The van der Waals surface area contributed by atoms with E-state index in [1.165, 1.54) is 6.92 Å². The highest BCUT2D eigenvalue weighted by molar-refractivity contribution is 6.06. The number of carbonyl (C=O) groups is 1. The fraction of sp³-hybridized carbons (Fsp3) is 0.273. The third-order valence-electron chi connectivity index (χ3n) is 4.83. The van der Waals surface area contributed by atoms with E-state index in [2.05, 4.69) is 10.6 Å². The summed E-state index contributed by atoms with van der Waals surface area (Å²) in [6.45, 7) is 5.42. The normalized spacial score (nSPS) is 14.3. The number of esters is 1. The minimum atomic E-state index is -4.94. The molecule has 0 spiro atoms. The van der Waals surface area contributed by atoms with E-state index < -0.39 is 15.8 Å². The van der Waals surface area contributed by atoms with Gasteiger partial charge in [-0.15, -0.1) is 10.2 Å². The molecule has 1 aromatic heterocycles. The molecule has 0 amide bonds. The third-order valence-corrected chi connectivity index (χ3v) is 4.83. The second-order valence-electron chi connectivity index (χ2n) is 7.63. The Kier molecular flexibility index (Phi) is 6.32. The molecule has 1 aliphatic heterocycles. The number of aromatic nitrogens is 1. The molecule has 2 aromatic carbocycles. The van der Waals surface area contributed by atoms with Gasteiger partial charge in [0.05, 0.1) is 18.1 Å². The van der Waals surface area contributed by atoms with Crippen molar-refractivity contribution in [3.05, 3.63) is 42.0 Å². The molecule has 0 aliphatic carbocycles. The zero-order valence-corrected chi connectivity index (χ0v) is 18.9. The van der Waals surface area contributed by atoms with E-state index in [0.717, 1.165) is 33.1 Å². The topological polar surface area (TPSA) is 141 Å². The van der Waals surface area contributed by atoms with Crippen molar-refractivity contribution in [3.63, 3.8) is 0 Å². The van der Waals surface area contributed by atoms with E-state index in [9.17, 15) is 4.79 Å². The summed E-state index contributed by atoms with van der Waals surface area (Å²) in [6.07, 6.45) is 4.09. The summed E-state index contributed by atoms with van der Waals surface area (Å²) in [5.41, 5.74) is 2.38. The maximum absolute atomic E-state index is 11.9. The zero-order valence-electron chi connectivity index (χ0n) is 18.1. The molecule has 0 bridgehead atoms. The molecule has 170 valence electrons. The standard InChI is InChI=1S/C22H22NO4.ClHO4/c1-13(24)26-21-14-8-6-7-9-16(14)23(4)20-15-10-11-22(2,3)27-17(15)12-18(25-5)19(20)21;2-1(3,4)5/h6-12H,1-5H3;(H,2,3,4,5)/q+1;/p-1. The van der Waals surface area contributed by atoms with Gasteiger partial charge in [0.1, 0.15) is 29.5 Å². The summed E-state index contributed by atoms with van der Waals surface area (Å²) < 4.78 is 53.6. The molecule has 32 heavy (non-hydrogen) atoms. The maximum atomic E-state index is 11.9. The average Bonchev–Trinajstić information content (AvgIpc) is 2.67. The number of ether oxygens (including phenoxy) is 3. The zero-order chi connectivity index (χ0) is 23.8. The third kappa shape index (κ3) is 4.93. The SMILES string of the molecule is COc1cc2c(c3c1c(OC(C)=O)c1ccccc1[n+]3C)C=CC(C)(C)O2.[O-][Cl+3]([O-])([O-])[O-]. The molecule has 2 heterocycles. The van der Waals surface area contributed by atoms with Gasteiger partial charge in [0, 0.05) is 19.1 Å². The Morgan fingerprint density at radius 3 is 2.38 bits per heavy atom. The number of pyridine rings is 1. The van der Waals surface area contributed by atoms with Gasteiger partial charge in [0.15, 0.2) is 5.75 Å². The summed E-state index contributed by atoms with van der Waals surface area (Å²) in [4.78, 5) is 11.9. The van der Waals surface area contributed by atoms with Crippen molar-refractivity contribution in [2.75, 3.05) is 7.11 Å². The van der Waals surface area contributed by atoms with Crippen LogP contribution in [0.5, 0.6) is 17.2 Å². The van der Waals surface area contributed by atoms with E-state index in [1.54, 1.807) is 7.11 Å². The number of nitrogens with zero attached hydrogens (tertiary/aromatic N) is 1. The van der Waals surface area contributed by atoms with E-state index in [4.69, 9.17) is 32.8 Å². The number of methoxy groups -OCH3 is 1. The van der Waals surface area contributed by atoms with Crippen molar-refractivity contribution in [1.29, 1.82) is 0 Å². The number of rotatable bonds is 2. The lowest BCUT2D eigenvalue weighted by Crippen LogP contribution is -2.68. The quantitative estimate of drug-likeness (QED) is 0.272. The number of benzene rings is 2. The summed E-state index contributed by atoms with van der Waals surface area (Å²) in [5, 5.41) is 1.60. The minimum absolute atomic E-state index is 0.372. The van der Waals surface area contributed by atoms with Crippen LogP contribution < -0.4 is 37.4 Å². The van der Waals surface area contributed by atoms with E-state index >= 15 is 0 Å². The van der Waals surface area contributed by atoms with Crippen molar-refractivity contribution in [2.45, 2.75) is 26.4 Å². The lowest BCUT2D eigenvalue weighted by atomic mass is 9.97. The van der Waals surface area contributed by atoms with Crippen molar-refractivity contribution in [2.24, 2.45) is 7.05 Å². The second kappa shape index (κ2) is 8.53. The Labute approximate surface area is 186 Å². The van der Waals surface area contributed by atoms with Crippen LogP contribution in [0.1, 0.15) is 26.3 Å². The fourth-order valence-corrected chi connectivity index (χ4v) is 3.68. The molecule has 0 atom stereocenters. The average molecular weight is 464 g/mol. The van der Waals surface area contributed by atoms with Crippen LogP contribution in [0.4, 0.5) is 0 Å². The molecule has 0 saturated carbocycles. The highest BCUT2D eigenvalue weighted by atomic mass is 35.7. The summed E-state index contributed by atoms with van der Waals surface area (Å²) in [6, 6.07) is 9.71. The van der Waals surface area contributed by atoms with Crippen molar-refractivity contribution in [1.82, 2.24) is 0 Å². The van der Waals surface area contributed by atoms with Crippen LogP contribution in [0, 0.1) is 10.2 Å². The minimum Gasteiger partial charge on any atom is -0.496 e. The fourth-order valence-electron chi connectivity index (χ4n) is 3.68. The van der Waals surface area contributed by atoms with E-state index in [-0.39, 0.29) is 5.97 Å². The Hall–Kier alpha value is -2.95. The Balaban J connectivity index is 0.000000523. The number of carbonyl (C=O) groups excluding carboxylic acids is 1. The van der Waals surface area contributed by atoms with Crippen LogP contribution in [-0.2, 0) is 11.8 Å². The lowest BCUT2D eigenvalue weighted by molar-refractivity contribution is -2.00. The molecule has 1 aliphatic rings. The highest BCUT2D eigenvalue weighted by Crippen LogP contribution is 2.45. The van der Waals surface area contributed by atoms with E-state index in [1.807, 2.05) is 57.3 Å². The largest absolute Gasteiger partial charge is 0.496 e. The number of hydrogen-bond donors (Lipinski definition) is 0. The van der Waals surface area contributed by atoms with Gasteiger partial charge in [-0.25, -0.2) is 18.6 Å². The smallest absolute Gasteiger partial charge is 0.308 e. The van der Waals surface area contributed by atoms with Gasteiger partial charge in [0.2, 0.25) is 11.0 Å². The Morgan fingerprint density at radius 1 is 1.16 bits per heavy atom. The van der Waals surface area contributed by atoms with Crippen LogP contribution in [0.15, 0.2) is 36.4 Å². The molecule has 0 fully saturated rings. The lowest BCUT2D eigenvalue weighted by Gasteiger charge is -2.28. The van der Waals surface area contributed by atoms with Gasteiger partial charge in [-0.05, 0) is 32.1 Å². The first-order valence-corrected chi connectivity index (χ1v) is 10.7. The molecular formula is C22H22ClNO8. The molecule has 10 heteroatoms. The Morgan fingerprint density at radius 2 is 1.78 bits per heavy atom. The number of halogens is 1. The molecule has 4 rings (SSSR count). The molecule has 0 radical (unpaired) electrons. The van der Waals surface area contributed by atoms with Gasteiger partial charge in [0.25, 0.3) is 0 Å². The number of para-hydroxylation sites is 1. The molecule has 0 N–H and O–H groups in total. The van der Waals surface area contributed by atoms with Gasteiger partial charge in [-0.3, -0.25) is 4.79 Å². The van der Waals surface area contributed by atoms with Crippen molar-refractivity contribution < 1.29 is 52.5 Å². The van der Waals surface area contributed by atoms with Gasteiger partial charge >= 0.3 is 5.97 Å². The van der Waals surface area contributed by atoms with Gasteiger partial charge in [-0.1, -0.05) is 12.1 Å². The number of aryl methyl sites for hydroxylation is 1. The first kappa shape index (κ1) is 23.7. The highest BCUT2D eigenvalue weighted by Gasteiger charge is 2.31. The van der Waals surface area contributed by atoms with Crippen LogP contribution >= 0.6 is 0 Å². The molecule has 9 nitrogen and oxygen atoms in total. The maximum Gasteiger partial charge on any atom is 0.308 e. The monoisotopic (exact) mass is 463 g/mol. The van der Waals surface area contributed by atoms with E-state index in [0.29, 0.717) is 11.5 Å². The Bertz CT molecular complexity index is 1220. The first-order valence-electron chi connectivity index (χ1n) is 9.46.